The molecule has 2 aromatic rings. The SMILES string of the molecule is Cc1cccc(C)c1OCC(=O)N1CCN(c2ccc(Br)cn2)CC1. The summed E-state index contributed by atoms with van der Waals surface area (Å²) in [5.41, 5.74) is 2.11. The smallest absolute Gasteiger partial charge is 0.260 e. The lowest BCUT2D eigenvalue weighted by Crippen LogP contribution is -2.50. The second-order valence-electron chi connectivity index (χ2n) is 6.21. The van der Waals surface area contributed by atoms with Crippen molar-refractivity contribution in [2.24, 2.45) is 0 Å². The molecule has 1 saturated heterocycles. The molecule has 0 atom stereocenters. The van der Waals surface area contributed by atoms with Crippen LogP contribution >= 0.6 is 15.9 Å². The van der Waals surface area contributed by atoms with Crippen LogP contribution < -0.4 is 9.64 Å². The fraction of sp³-hybridized carbons (Fsp3) is 0.368. The number of carbonyl (C=O) groups excluding carboxylic acids is 1. The van der Waals surface area contributed by atoms with Crippen LogP contribution in [-0.4, -0.2) is 48.6 Å². The summed E-state index contributed by atoms with van der Waals surface area (Å²) < 4.78 is 6.75. The molecule has 6 heteroatoms. The van der Waals surface area contributed by atoms with Gasteiger partial charge in [-0.3, -0.25) is 4.79 Å². The van der Waals surface area contributed by atoms with Crippen LogP contribution in [0.3, 0.4) is 0 Å². The lowest BCUT2D eigenvalue weighted by molar-refractivity contribution is -0.133. The van der Waals surface area contributed by atoms with Crippen molar-refractivity contribution in [3.8, 4) is 5.75 Å². The van der Waals surface area contributed by atoms with Crippen LogP contribution in [0.15, 0.2) is 41.0 Å². The van der Waals surface area contributed by atoms with Gasteiger partial charge in [0.1, 0.15) is 11.6 Å². The zero-order chi connectivity index (χ0) is 17.8. The number of aryl methyl sites for hydroxylation is 2. The second kappa shape index (κ2) is 7.87. The summed E-state index contributed by atoms with van der Waals surface area (Å²) in [5, 5.41) is 0. The Labute approximate surface area is 156 Å². The molecule has 0 N–H and O–H groups in total. The number of rotatable bonds is 4. The number of aromatic nitrogens is 1. The first kappa shape index (κ1) is 17.7. The summed E-state index contributed by atoms with van der Waals surface area (Å²) in [5.74, 6) is 1.79. The molecule has 0 bridgehead atoms. The van der Waals surface area contributed by atoms with Gasteiger partial charge in [0.2, 0.25) is 0 Å². The summed E-state index contributed by atoms with van der Waals surface area (Å²) in [4.78, 5) is 20.9. The van der Waals surface area contributed by atoms with Gasteiger partial charge in [-0.2, -0.15) is 0 Å². The number of amides is 1. The van der Waals surface area contributed by atoms with Crippen molar-refractivity contribution in [1.29, 1.82) is 0 Å². The quantitative estimate of drug-likeness (QED) is 0.786. The van der Waals surface area contributed by atoms with Gasteiger partial charge >= 0.3 is 0 Å². The van der Waals surface area contributed by atoms with Gasteiger partial charge in [0, 0.05) is 36.8 Å². The number of hydrogen-bond acceptors (Lipinski definition) is 4. The van der Waals surface area contributed by atoms with E-state index in [9.17, 15) is 4.79 Å². The van der Waals surface area contributed by atoms with Crippen molar-refractivity contribution in [3.63, 3.8) is 0 Å². The molecule has 1 amide bonds. The zero-order valence-corrected chi connectivity index (χ0v) is 16.1. The Morgan fingerprint density at radius 3 is 2.40 bits per heavy atom. The summed E-state index contributed by atoms with van der Waals surface area (Å²) >= 11 is 3.40. The number of piperazine rings is 1. The van der Waals surface area contributed by atoms with Crippen molar-refractivity contribution >= 4 is 27.7 Å². The summed E-state index contributed by atoms with van der Waals surface area (Å²) in [6.07, 6.45) is 1.80. The molecular weight excluding hydrogens is 382 g/mol. The molecule has 1 aromatic carbocycles. The van der Waals surface area contributed by atoms with Crippen LogP contribution in [0.25, 0.3) is 0 Å². The molecule has 0 unspecified atom stereocenters. The predicted octanol–water partition coefficient (Wildman–Crippen LogP) is 3.19. The average Bonchev–Trinajstić information content (AvgIpc) is 2.62. The third-order valence-corrected chi connectivity index (χ3v) is 4.89. The Kier molecular flexibility index (Phi) is 5.58. The third kappa shape index (κ3) is 4.31. The van der Waals surface area contributed by atoms with Gasteiger partial charge in [0.15, 0.2) is 6.61 Å². The minimum atomic E-state index is 0.0334. The highest BCUT2D eigenvalue weighted by molar-refractivity contribution is 9.10. The average molecular weight is 404 g/mol. The predicted molar refractivity (Wildman–Crippen MR) is 102 cm³/mol. The molecule has 3 rings (SSSR count). The van der Waals surface area contributed by atoms with Gasteiger partial charge in [-0.25, -0.2) is 4.98 Å². The summed E-state index contributed by atoms with van der Waals surface area (Å²) in [6.45, 7) is 7.02. The van der Waals surface area contributed by atoms with Crippen LogP contribution in [0.4, 0.5) is 5.82 Å². The van der Waals surface area contributed by atoms with E-state index >= 15 is 0 Å². The zero-order valence-electron chi connectivity index (χ0n) is 14.5. The first-order valence-corrected chi connectivity index (χ1v) is 9.17. The van der Waals surface area contributed by atoms with E-state index < -0.39 is 0 Å². The normalized spacial score (nSPS) is 14.5. The Balaban J connectivity index is 1.52. The van der Waals surface area contributed by atoms with E-state index in [4.69, 9.17) is 4.74 Å². The van der Waals surface area contributed by atoms with Crippen molar-refractivity contribution in [2.75, 3.05) is 37.7 Å². The standard InChI is InChI=1S/C19H22BrN3O2/c1-14-4-3-5-15(2)19(14)25-13-18(24)23-10-8-22(9-11-23)17-7-6-16(20)12-21-17/h3-7,12H,8-11,13H2,1-2H3. The third-order valence-electron chi connectivity index (χ3n) is 4.42. The van der Waals surface area contributed by atoms with E-state index in [1.807, 2.05) is 49.1 Å². The number of ether oxygens (including phenoxy) is 1. The van der Waals surface area contributed by atoms with Gasteiger partial charge in [0.05, 0.1) is 0 Å². The lowest BCUT2D eigenvalue weighted by atomic mass is 10.1. The second-order valence-corrected chi connectivity index (χ2v) is 7.13. The highest BCUT2D eigenvalue weighted by atomic mass is 79.9. The van der Waals surface area contributed by atoms with Gasteiger partial charge in [-0.05, 0) is 53.0 Å². The molecule has 0 aliphatic carbocycles. The lowest BCUT2D eigenvalue weighted by Gasteiger charge is -2.35. The molecule has 1 aliphatic rings. The van der Waals surface area contributed by atoms with Gasteiger partial charge < -0.3 is 14.5 Å². The number of anilines is 1. The van der Waals surface area contributed by atoms with E-state index in [0.717, 1.165) is 40.3 Å². The monoisotopic (exact) mass is 403 g/mol. The largest absolute Gasteiger partial charge is 0.483 e. The van der Waals surface area contributed by atoms with Crippen molar-refractivity contribution in [1.82, 2.24) is 9.88 Å². The molecular formula is C19H22BrN3O2. The Bertz CT molecular complexity index is 721. The number of halogens is 1. The minimum Gasteiger partial charge on any atom is -0.483 e. The maximum Gasteiger partial charge on any atom is 0.260 e. The van der Waals surface area contributed by atoms with Gasteiger partial charge in [-0.1, -0.05) is 18.2 Å². The first-order valence-electron chi connectivity index (χ1n) is 8.38. The molecule has 0 radical (unpaired) electrons. The number of nitrogens with zero attached hydrogens (tertiary/aromatic N) is 3. The number of benzene rings is 1. The highest BCUT2D eigenvalue weighted by Crippen LogP contribution is 2.22. The number of pyridine rings is 1. The van der Waals surface area contributed by atoms with Gasteiger partial charge in [-0.15, -0.1) is 0 Å². The Morgan fingerprint density at radius 2 is 1.80 bits per heavy atom. The van der Waals surface area contributed by atoms with Crippen LogP contribution in [0, 0.1) is 13.8 Å². The molecule has 1 fully saturated rings. The maximum absolute atomic E-state index is 12.4. The van der Waals surface area contributed by atoms with E-state index in [-0.39, 0.29) is 12.5 Å². The fourth-order valence-corrected chi connectivity index (χ4v) is 3.23. The van der Waals surface area contributed by atoms with E-state index in [0.29, 0.717) is 13.1 Å². The minimum absolute atomic E-state index is 0.0334. The van der Waals surface area contributed by atoms with Crippen LogP contribution in [0.5, 0.6) is 5.75 Å². The molecule has 1 aliphatic heterocycles. The van der Waals surface area contributed by atoms with Gasteiger partial charge in [0.25, 0.3) is 5.91 Å². The van der Waals surface area contributed by atoms with Crippen LogP contribution in [0.1, 0.15) is 11.1 Å². The molecule has 0 spiro atoms. The first-order chi connectivity index (χ1) is 12.0. The highest BCUT2D eigenvalue weighted by Gasteiger charge is 2.22. The van der Waals surface area contributed by atoms with E-state index in [2.05, 4.69) is 25.8 Å². The summed E-state index contributed by atoms with van der Waals surface area (Å²) in [7, 11) is 0. The molecule has 0 saturated carbocycles. The topological polar surface area (TPSA) is 45.7 Å². The van der Waals surface area contributed by atoms with E-state index in [1.54, 1.807) is 6.20 Å². The molecule has 132 valence electrons. The molecule has 25 heavy (non-hydrogen) atoms. The van der Waals surface area contributed by atoms with Crippen LogP contribution in [-0.2, 0) is 4.79 Å². The number of hydrogen-bond donors (Lipinski definition) is 0. The number of para-hydroxylation sites is 1. The molecule has 5 nitrogen and oxygen atoms in total. The number of carbonyl (C=O) groups is 1. The Morgan fingerprint density at radius 1 is 1.12 bits per heavy atom. The maximum atomic E-state index is 12.4. The van der Waals surface area contributed by atoms with Crippen LogP contribution in [0.2, 0.25) is 0 Å². The molecule has 1 aromatic heterocycles. The van der Waals surface area contributed by atoms with Crippen molar-refractivity contribution in [3.05, 3.63) is 52.1 Å². The fourth-order valence-electron chi connectivity index (χ4n) is 2.99. The van der Waals surface area contributed by atoms with Crippen molar-refractivity contribution < 1.29 is 9.53 Å². The Hall–Kier alpha value is -2.08. The summed E-state index contributed by atoms with van der Waals surface area (Å²) in [6, 6.07) is 9.96. The molecule has 2 heterocycles. The van der Waals surface area contributed by atoms with E-state index in [1.165, 1.54) is 0 Å². The van der Waals surface area contributed by atoms with Crippen molar-refractivity contribution in [2.45, 2.75) is 13.8 Å².